The number of benzene rings is 3. The number of halogens is 3. The van der Waals surface area contributed by atoms with Crippen LogP contribution < -0.4 is 10.1 Å². The fraction of sp³-hybridized carbons (Fsp3) is 0.286. The van der Waals surface area contributed by atoms with Crippen molar-refractivity contribution >= 4 is 46.6 Å². The Labute approximate surface area is 227 Å². The number of hydrogen-bond acceptors (Lipinski definition) is 3. The minimum atomic E-state index is -0.772. The van der Waals surface area contributed by atoms with Crippen molar-refractivity contribution in [1.29, 1.82) is 0 Å². The lowest BCUT2D eigenvalue weighted by Gasteiger charge is -2.32. The Morgan fingerprint density at radius 2 is 1.67 bits per heavy atom. The molecule has 8 heteroatoms. The number of carbonyl (C=O) groups excluding carboxylic acids is 2. The van der Waals surface area contributed by atoms with Gasteiger partial charge in [0.1, 0.15) is 11.8 Å². The van der Waals surface area contributed by atoms with E-state index in [0.717, 1.165) is 17.5 Å². The second-order valence-corrected chi connectivity index (χ2v) is 9.79. The predicted octanol–water partition coefficient (Wildman–Crippen LogP) is 6.58. The third kappa shape index (κ3) is 8.16. The summed E-state index contributed by atoms with van der Waals surface area (Å²) in [5, 5.41) is 4.33. The van der Waals surface area contributed by atoms with Crippen LogP contribution in [0.1, 0.15) is 31.4 Å². The Morgan fingerprint density at radius 1 is 0.917 bits per heavy atom. The van der Waals surface area contributed by atoms with E-state index in [2.05, 4.69) is 5.32 Å². The molecule has 0 heterocycles. The zero-order chi connectivity index (χ0) is 26.1. The molecule has 0 spiro atoms. The minimum Gasteiger partial charge on any atom is -0.484 e. The first-order valence-electron chi connectivity index (χ1n) is 11.7. The molecule has 0 saturated heterocycles. The second kappa shape index (κ2) is 13.5. The molecule has 36 heavy (non-hydrogen) atoms. The van der Waals surface area contributed by atoms with Gasteiger partial charge in [0, 0.05) is 24.0 Å². The first kappa shape index (κ1) is 27.9. The van der Waals surface area contributed by atoms with Gasteiger partial charge in [-0.15, -0.1) is 0 Å². The summed E-state index contributed by atoms with van der Waals surface area (Å²) in [7, 11) is 0. The van der Waals surface area contributed by atoms with E-state index < -0.39 is 6.04 Å². The highest BCUT2D eigenvalue weighted by Crippen LogP contribution is 2.25. The first-order chi connectivity index (χ1) is 17.3. The molecule has 0 radical (unpaired) electrons. The van der Waals surface area contributed by atoms with E-state index in [1.807, 2.05) is 44.2 Å². The topological polar surface area (TPSA) is 58.6 Å². The zero-order valence-electron chi connectivity index (χ0n) is 20.2. The Balaban J connectivity index is 1.93. The van der Waals surface area contributed by atoms with Crippen molar-refractivity contribution in [3.05, 3.63) is 99.0 Å². The molecule has 3 aromatic rings. The van der Waals surface area contributed by atoms with Gasteiger partial charge >= 0.3 is 0 Å². The van der Waals surface area contributed by atoms with Crippen molar-refractivity contribution in [2.45, 2.75) is 45.3 Å². The van der Waals surface area contributed by atoms with E-state index in [1.54, 1.807) is 42.5 Å². The highest BCUT2D eigenvalue weighted by Gasteiger charge is 2.31. The molecule has 3 aromatic carbocycles. The number of rotatable bonds is 11. The molecule has 0 fully saturated rings. The van der Waals surface area contributed by atoms with Gasteiger partial charge in [-0.25, -0.2) is 0 Å². The number of hydrogen-bond donors (Lipinski definition) is 1. The SMILES string of the molecule is CC[C@H](C)NC(=O)[C@H](Cc1ccccc1)N(Cc1ccc(Cl)c(Cl)c1)C(=O)COc1cccc(Cl)c1. The van der Waals surface area contributed by atoms with Crippen LogP contribution in [0.3, 0.4) is 0 Å². The van der Waals surface area contributed by atoms with Crippen molar-refractivity contribution < 1.29 is 14.3 Å². The van der Waals surface area contributed by atoms with Crippen molar-refractivity contribution in [2.24, 2.45) is 0 Å². The van der Waals surface area contributed by atoms with Gasteiger partial charge in [-0.1, -0.05) is 84.2 Å². The first-order valence-corrected chi connectivity index (χ1v) is 12.9. The standard InChI is InChI=1S/C28H29Cl3N2O3/c1-3-19(2)32-28(35)26(15-20-8-5-4-6-9-20)33(17-21-12-13-24(30)25(31)14-21)27(34)18-36-23-11-7-10-22(29)16-23/h4-14,16,19,26H,3,15,17-18H2,1-2H3,(H,32,35)/t19-,26-/m0/s1. The van der Waals surface area contributed by atoms with Crippen LogP contribution in [-0.4, -0.2) is 35.4 Å². The van der Waals surface area contributed by atoms with E-state index >= 15 is 0 Å². The van der Waals surface area contributed by atoms with E-state index in [4.69, 9.17) is 39.5 Å². The summed E-state index contributed by atoms with van der Waals surface area (Å²) in [4.78, 5) is 28.6. The number of nitrogens with zero attached hydrogens (tertiary/aromatic N) is 1. The van der Waals surface area contributed by atoms with Crippen LogP contribution in [0.2, 0.25) is 15.1 Å². The molecule has 0 aliphatic carbocycles. The highest BCUT2D eigenvalue weighted by molar-refractivity contribution is 6.42. The summed E-state index contributed by atoms with van der Waals surface area (Å²) in [6, 6.07) is 20.8. The lowest BCUT2D eigenvalue weighted by Crippen LogP contribution is -2.53. The summed E-state index contributed by atoms with van der Waals surface area (Å²) in [5.41, 5.74) is 1.68. The van der Waals surface area contributed by atoms with Gasteiger partial charge in [0.2, 0.25) is 5.91 Å². The minimum absolute atomic E-state index is 0.0413. The van der Waals surface area contributed by atoms with Crippen LogP contribution in [0.25, 0.3) is 0 Å². The van der Waals surface area contributed by atoms with Gasteiger partial charge in [-0.05, 0) is 54.8 Å². The van der Waals surface area contributed by atoms with Gasteiger partial charge in [0.15, 0.2) is 6.61 Å². The largest absolute Gasteiger partial charge is 0.484 e. The highest BCUT2D eigenvalue weighted by atomic mass is 35.5. The summed E-state index contributed by atoms with van der Waals surface area (Å²) < 4.78 is 5.74. The van der Waals surface area contributed by atoms with E-state index in [-0.39, 0.29) is 31.0 Å². The molecule has 2 atom stereocenters. The average Bonchev–Trinajstić information content (AvgIpc) is 2.87. The maximum absolute atomic E-state index is 13.6. The van der Waals surface area contributed by atoms with Crippen LogP contribution in [0.15, 0.2) is 72.8 Å². The van der Waals surface area contributed by atoms with E-state index in [9.17, 15) is 9.59 Å². The lowest BCUT2D eigenvalue weighted by molar-refractivity contribution is -0.143. The number of ether oxygens (including phenoxy) is 1. The third-order valence-corrected chi connectivity index (χ3v) is 6.74. The van der Waals surface area contributed by atoms with Crippen molar-refractivity contribution in [3.8, 4) is 5.75 Å². The maximum Gasteiger partial charge on any atom is 0.261 e. The van der Waals surface area contributed by atoms with Crippen LogP contribution in [0.4, 0.5) is 0 Å². The van der Waals surface area contributed by atoms with Crippen LogP contribution >= 0.6 is 34.8 Å². The molecule has 0 bridgehead atoms. The van der Waals surface area contributed by atoms with E-state index in [0.29, 0.717) is 27.2 Å². The van der Waals surface area contributed by atoms with Gasteiger partial charge in [0.25, 0.3) is 5.91 Å². The molecular weight excluding hydrogens is 519 g/mol. The normalized spacial score (nSPS) is 12.5. The third-order valence-electron chi connectivity index (χ3n) is 5.77. The van der Waals surface area contributed by atoms with Gasteiger partial charge in [-0.3, -0.25) is 9.59 Å². The van der Waals surface area contributed by atoms with Crippen molar-refractivity contribution in [2.75, 3.05) is 6.61 Å². The van der Waals surface area contributed by atoms with Crippen LogP contribution in [0.5, 0.6) is 5.75 Å². The second-order valence-electron chi connectivity index (χ2n) is 8.54. The lowest BCUT2D eigenvalue weighted by atomic mass is 10.0. The molecular formula is C28H29Cl3N2O3. The average molecular weight is 548 g/mol. The number of amides is 2. The van der Waals surface area contributed by atoms with Crippen molar-refractivity contribution in [1.82, 2.24) is 10.2 Å². The molecule has 5 nitrogen and oxygen atoms in total. The summed E-state index contributed by atoms with van der Waals surface area (Å²) >= 11 is 18.4. The number of nitrogens with one attached hydrogen (secondary N) is 1. The fourth-order valence-corrected chi connectivity index (χ4v) is 4.12. The van der Waals surface area contributed by atoms with Crippen molar-refractivity contribution in [3.63, 3.8) is 0 Å². The summed E-state index contributed by atoms with van der Waals surface area (Å²) in [6.07, 6.45) is 1.11. The Kier molecular flexibility index (Phi) is 10.5. The molecule has 3 rings (SSSR count). The maximum atomic E-state index is 13.6. The molecule has 0 aliphatic rings. The monoisotopic (exact) mass is 546 g/mol. The van der Waals surface area contributed by atoms with Gasteiger partial charge in [0.05, 0.1) is 10.0 Å². The molecule has 0 aromatic heterocycles. The molecule has 1 N–H and O–H groups in total. The van der Waals surface area contributed by atoms with Gasteiger partial charge in [-0.2, -0.15) is 0 Å². The summed E-state index contributed by atoms with van der Waals surface area (Å²) in [5.74, 6) is -0.111. The van der Waals surface area contributed by atoms with Gasteiger partial charge < -0.3 is 15.0 Å². The molecule has 0 saturated carbocycles. The smallest absolute Gasteiger partial charge is 0.261 e. The summed E-state index contributed by atoms with van der Waals surface area (Å²) in [6.45, 7) is 3.82. The Hall–Kier alpha value is -2.73. The Bertz CT molecular complexity index is 1170. The molecule has 190 valence electrons. The molecule has 0 aliphatic heterocycles. The fourth-order valence-electron chi connectivity index (χ4n) is 3.61. The van der Waals surface area contributed by atoms with E-state index in [1.165, 1.54) is 4.90 Å². The zero-order valence-corrected chi connectivity index (χ0v) is 22.5. The Morgan fingerprint density at radius 3 is 2.33 bits per heavy atom. The van der Waals surface area contributed by atoms with Crippen LogP contribution in [-0.2, 0) is 22.6 Å². The number of carbonyl (C=O) groups is 2. The quantitative estimate of drug-likeness (QED) is 0.295. The van der Waals surface area contributed by atoms with Crippen LogP contribution in [0, 0.1) is 0 Å². The molecule has 0 unspecified atom stereocenters. The predicted molar refractivity (Wildman–Crippen MR) is 146 cm³/mol. The molecule has 2 amide bonds.